The van der Waals surface area contributed by atoms with Crippen LogP contribution in [0.1, 0.15) is 59.8 Å². The van der Waals surface area contributed by atoms with Crippen molar-refractivity contribution in [3.8, 4) is 5.69 Å². The summed E-state index contributed by atoms with van der Waals surface area (Å²) >= 11 is 0. The molecule has 1 aromatic carbocycles. The summed E-state index contributed by atoms with van der Waals surface area (Å²) in [5.74, 6) is 0.422. The van der Waals surface area contributed by atoms with E-state index in [0.29, 0.717) is 31.1 Å². The maximum absolute atomic E-state index is 12.5. The lowest BCUT2D eigenvalue weighted by Gasteiger charge is -2.35. The van der Waals surface area contributed by atoms with Crippen molar-refractivity contribution in [1.82, 2.24) is 19.6 Å². The molecule has 32 heavy (non-hydrogen) atoms. The third kappa shape index (κ3) is 3.30. The lowest BCUT2D eigenvalue weighted by Crippen LogP contribution is -2.45. The minimum Gasteiger partial charge on any atom is -0.465 e. The molecule has 2 unspecified atom stereocenters. The van der Waals surface area contributed by atoms with Crippen molar-refractivity contribution >= 4 is 12.0 Å². The largest absolute Gasteiger partial charge is 0.465 e. The van der Waals surface area contributed by atoms with Crippen LogP contribution in [0.2, 0.25) is 0 Å². The molecule has 1 aromatic heterocycles. The Morgan fingerprint density at radius 2 is 1.97 bits per heavy atom. The van der Waals surface area contributed by atoms with Gasteiger partial charge >= 0.3 is 6.09 Å². The molecule has 8 heteroatoms. The Balaban J connectivity index is 1.59. The number of rotatable bonds is 4. The van der Waals surface area contributed by atoms with Gasteiger partial charge in [0.15, 0.2) is 0 Å². The fourth-order valence-electron chi connectivity index (χ4n) is 5.19. The Bertz CT molecular complexity index is 1060. The summed E-state index contributed by atoms with van der Waals surface area (Å²) in [5.41, 5.74) is 4.90. The average molecular weight is 437 g/mol. The van der Waals surface area contributed by atoms with Gasteiger partial charge in [-0.25, -0.2) is 9.48 Å². The molecule has 2 aromatic rings. The number of carboxylic acid groups (broad SMARTS) is 1. The van der Waals surface area contributed by atoms with E-state index in [1.54, 1.807) is 12.0 Å². The first-order chi connectivity index (χ1) is 15.5. The molecule has 1 fully saturated rings. The Kier molecular flexibility index (Phi) is 5.25. The maximum atomic E-state index is 12.5. The highest BCUT2D eigenvalue weighted by Crippen LogP contribution is 2.41. The predicted octanol–water partition coefficient (Wildman–Crippen LogP) is 3.43. The van der Waals surface area contributed by atoms with Crippen molar-refractivity contribution in [2.45, 2.75) is 43.7 Å². The van der Waals surface area contributed by atoms with Crippen molar-refractivity contribution in [1.29, 1.82) is 0 Å². The third-order valence-corrected chi connectivity index (χ3v) is 7.16. The van der Waals surface area contributed by atoms with E-state index in [2.05, 4.69) is 30.8 Å². The van der Waals surface area contributed by atoms with Gasteiger partial charge < -0.3 is 14.7 Å². The van der Waals surface area contributed by atoms with Crippen LogP contribution < -0.4 is 0 Å². The number of hydrogen-bond acceptors (Lipinski definition) is 4. The summed E-state index contributed by atoms with van der Waals surface area (Å²) < 4.78 is 7.69. The van der Waals surface area contributed by atoms with E-state index >= 15 is 0 Å². The molecule has 0 bridgehead atoms. The number of amides is 2. The number of ether oxygens (including phenoxy) is 1. The Hall–Kier alpha value is -3.13. The van der Waals surface area contributed by atoms with Gasteiger partial charge in [-0.1, -0.05) is 25.1 Å². The lowest BCUT2D eigenvalue weighted by atomic mass is 9.80. The van der Waals surface area contributed by atoms with Crippen LogP contribution in [0.3, 0.4) is 0 Å². The van der Waals surface area contributed by atoms with Gasteiger partial charge in [0.2, 0.25) is 5.91 Å². The van der Waals surface area contributed by atoms with Gasteiger partial charge in [-0.3, -0.25) is 9.69 Å². The second kappa shape index (κ2) is 8.09. The average Bonchev–Trinajstić information content (AvgIpc) is 3.06. The molecule has 5 rings (SSSR count). The highest BCUT2D eigenvalue weighted by atomic mass is 16.5. The van der Waals surface area contributed by atoms with Crippen LogP contribution in [0.15, 0.2) is 36.9 Å². The smallest absolute Gasteiger partial charge is 0.407 e. The van der Waals surface area contributed by atoms with Gasteiger partial charge in [-0.05, 0) is 42.5 Å². The van der Waals surface area contributed by atoms with Crippen LogP contribution in [0.25, 0.3) is 5.69 Å². The van der Waals surface area contributed by atoms with Gasteiger partial charge in [-0.2, -0.15) is 5.10 Å². The number of carbonyl (C=O) groups is 2. The lowest BCUT2D eigenvalue weighted by molar-refractivity contribution is -0.128. The van der Waals surface area contributed by atoms with Crippen molar-refractivity contribution in [2.75, 3.05) is 26.7 Å². The van der Waals surface area contributed by atoms with Crippen LogP contribution in [0.4, 0.5) is 4.79 Å². The topological polar surface area (TPSA) is 87.9 Å². The van der Waals surface area contributed by atoms with Crippen molar-refractivity contribution in [3.63, 3.8) is 0 Å². The monoisotopic (exact) mass is 436 g/mol. The predicted molar refractivity (Wildman–Crippen MR) is 118 cm³/mol. The van der Waals surface area contributed by atoms with Crippen LogP contribution in [-0.4, -0.2) is 63.4 Å². The molecule has 168 valence electrons. The highest BCUT2D eigenvalue weighted by Gasteiger charge is 2.42. The molecule has 0 spiro atoms. The number of nitrogens with zero attached hydrogens (tertiary/aromatic N) is 4. The Morgan fingerprint density at radius 3 is 2.56 bits per heavy atom. The van der Waals surface area contributed by atoms with Gasteiger partial charge in [0.05, 0.1) is 29.7 Å². The molecule has 2 amide bonds. The SMILES string of the molecule is C=CC(=O)N1CC(OC)c2nn(-c3ccc(C4CCC4)cc3)c3c2C(C1)N(C(=O)O)CC3. The van der Waals surface area contributed by atoms with Crippen LogP contribution in [0, 0.1) is 0 Å². The molecule has 2 aliphatic heterocycles. The van der Waals surface area contributed by atoms with Crippen LogP contribution in [-0.2, 0) is 16.0 Å². The zero-order valence-corrected chi connectivity index (χ0v) is 18.2. The highest BCUT2D eigenvalue weighted by molar-refractivity contribution is 5.87. The van der Waals surface area contributed by atoms with Gasteiger partial charge in [0.25, 0.3) is 0 Å². The molecule has 1 saturated carbocycles. The third-order valence-electron chi connectivity index (χ3n) is 7.16. The molecule has 2 atom stereocenters. The molecule has 3 heterocycles. The molecule has 3 aliphatic rings. The van der Waals surface area contributed by atoms with Crippen LogP contribution >= 0.6 is 0 Å². The minimum absolute atomic E-state index is 0.242. The second-order valence-corrected chi connectivity index (χ2v) is 8.79. The first-order valence-corrected chi connectivity index (χ1v) is 11.2. The number of hydrogen-bond donors (Lipinski definition) is 1. The number of benzene rings is 1. The number of methoxy groups -OCH3 is 1. The quantitative estimate of drug-likeness (QED) is 0.742. The number of carbonyl (C=O) groups excluding carboxylic acids is 1. The zero-order chi connectivity index (χ0) is 22.4. The van der Waals surface area contributed by atoms with Gasteiger partial charge in [0.1, 0.15) is 6.10 Å². The van der Waals surface area contributed by atoms with E-state index in [-0.39, 0.29) is 12.5 Å². The van der Waals surface area contributed by atoms with E-state index in [1.807, 2.05) is 4.68 Å². The van der Waals surface area contributed by atoms with E-state index in [9.17, 15) is 14.7 Å². The van der Waals surface area contributed by atoms with E-state index < -0.39 is 18.2 Å². The zero-order valence-electron chi connectivity index (χ0n) is 18.2. The van der Waals surface area contributed by atoms with Gasteiger partial charge in [-0.15, -0.1) is 0 Å². The Morgan fingerprint density at radius 1 is 1.22 bits per heavy atom. The Labute approximate surface area is 187 Å². The molecule has 1 N–H and O–H groups in total. The normalized spacial score (nSPS) is 22.7. The van der Waals surface area contributed by atoms with Crippen molar-refractivity contribution in [2.24, 2.45) is 0 Å². The van der Waals surface area contributed by atoms with E-state index in [4.69, 9.17) is 9.84 Å². The fourth-order valence-corrected chi connectivity index (χ4v) is 5.19. The maximum Gasteiger partial charge on any atom is 0.407 e. The number of aromatic nitrogens is 2. The summed E-state index contributed by atoms with van der Waals surface area (Å²) in [4.78, 5) is 27.5. The standard InChI is InChI=1S/C24H28N4O4/c1-3-21(29)26-13-19-22-18(11-12-27(19)24(30)31)28(25-23(22)20(14-26)32-2)17-9-7-16(8-10-17)15-5-4-6-15/h3,7-10,15,19-20H,1,4-6,11-14H2,2H3,(H,30,31). The summed E-state index contributed by atoms with van der Waals surface area (Å²) in [6, 6.07) is 8.08. The second-order valence-electron chi connectivity index (χ2n) is 8.79. The van der Waals surface area contributed by atoms with Crippen LogP contribution in [0.5, 0.6) is 0 Å². The molecule has 1 aliphatic carbocycles. The molecule has 0 radical (unpaired) electrons. The van der Waals surface area contributed by atoms with Crippen molar-refractivity contribution in [3.05, 3.63) is 59.4 Å². The van der Waals surface area contributed by atoms with Crippen molar-refractivity contribution < 1.29 is 19.4 Å². The minimum atomic E-state index is -0.994. The molecule has 0 saturated heterocycles. The first kappa shape index (κ1) is 20.8. The summed E-state index contributed by atoms with van der Waals surface area (Å²) in [7, 11) is 1.60. The first-order valence-electron chi connectivity index (χ1n) is 11.2. The summed E-state index contributed by atoms with van der Waals surface area (Å²) in [5, 5.41) is 14.8. The fraction of sp³-hybridized carbons (Fsp3) is 0.458. The molecular formula is C24H28N4O4. The van der Waals surface area contributed by atoms with E-state index in [0.717, 1.165) is 16.9 Å². The van der Waals surface area contributed by atoms with Gasteiger partial charge in [0, 0.05) is 32.2 Å². The summed E-state index contributed by atoms with van der Waals surface area (Å²) in [6.45, 7) is 4.50. The molecular weight excluding hydrogens is 408 g/mol. The van der Waals surface area contributed by atoms with E-state index in [1.165, 1.54) is 35.8 Å². The summed E-state index contributed by atoms with van der Waals surface area (Å²) in [6.07, 6.45) is 4.18. The molecule has 8 nitrogen and oxygen atoms in total.